The van der Waals surface area contributed by atoms with Gasteiger partial charge in [0.2, 0.25) is 27.7 Å². The number of fused-ring (bicyclic) bond motifs is 1. The molecule has 2 saturated heterocycles. The number of nitrogens with one attached hydrogen (secondary N) is 2. The molecule has 4 aromatic rings. The minimum atomic E-state index is -3.92. The predicted octanol–water partition coefficient (Wildman–Crippen LogP) is 5.96. The highest BCUT2D eigenvalue weighted by molar-refractivity contribution is 7.91. The molecule has 15 heteroatoms. The first-order valence-electron chi connectivity index (χ1n) is 21.5. The number of carbonyl (C=O) groups excluding carboxylic acids is 4. The Kier molecular flexibility index (Phi) is 11.8. The van der Waals surface area contributed by atoms with Crippen LogP contribution in [0.3, 0.4) is 0 Å². The van der Waals surface area contributed by atoms with Crippen LogP contribution >= 0.6 is 0 Å². The van der Waals surface area contributed by atoms with Crippen molar-refractivity contribution < 1.29 is 41.8 Å². The van der Waals surface area contributed by atoms with E-state index in [-0.39, 0.29) is 37.8 Å². The molecule has 4 aliphatic rings. The van der Waals surface area contributed by atoms with Gasteiger partial charge in [-0.2, -0.15) is 0 Å². The average Bonchev–Trinajstić information content (AvgIpc) is 4.18. The Labute approximate surface area is 368 Å². The summed E-state index contributed by atoms with van der Waals surface area (Å²) in [6, 6.07) is 23.3. The van der Waals surface area contributed by atoms with Crippen molar-refractivity contribution in [3.05, 3.63) is 97.1 Å². The molecule has 0 radical (unpaired) electrons. The van der Waals surface area contributed by atoms with E-state index in [0.717, 1.165) is 17.5 Å². The number of aromatic nitrogens is 1. The summed E-state index contributed by atoms with van der Waals surface area (Å²) in [5, 5.41) is 2.92. The molecule has 2 saturated carbocycles. The molecule has 4 fully saturated rings. The zero-order valence-electron chi connectivity index (χ0n) is 36.3. The molecule has 0 bridgehead atoms. The van der Waals surface area contributed by atoms with Gasteiger partial charge in [0, 0.05) is 48.4 Å². The van der Waals surface area contributed by atoms with Crippen molar-refractivity contribution in [3.8, 4) is 28.5 Å². The summed E-state index contributed by atoms with van der Waals surface area (Å²) in [5.41, 5.74) is 0.794. The van der Waals surface area contributed by atoms with E-state index >= 15 is 4.79 Å². The highest BCUT2D eigenvalue weighted by Crippen LogP contribution is 2.46. The van der Waals surface area contributed by atoms with Crippen molar-refractivity contribution in [2.24, 2.45) is 17.3 Å². The van der Waals surface area contributed by atoms with E-state index in [9.17, 15) is 22.8 Å². The number of nitrogens with zero attached hydrogens (tertiary/aromatic N) is 3. The van der Waals surface area contributed by atoms with Crippen LogP contribution in [0.5, 0.6) is 17.2 Å². The largest absolute Gasteiger partial charge is 0.497 e. The maximum absolute atomic E-state index is 15.1. The van der Waals surface area contributed by atoms with Gasteiger partial charge in [-0.05, 0) is 60.9 Å². The number of sulfonamides is 1. The van der Waals surface area contributed by atoms with Crippen LogP contribution in [0.1, 0.15) is 70.9 Å². The number of carbonyl (C=O) groups is 4. The lowest BCUT2D eigenvalue weighted by Crippen LogP contribution is -2.57. The van der Waals surface area contributed by atoms with Gasteiger partial charge in [-0.1, -0.05) is 69.3 Å². The van der Waals surface area contributed by atoms with Crippen LogP contribution < -0.4 is 24.2 Å². The Morgan fingerprint density at radius 2 is 1.67 bits per heavy atom. The molecule has 0 spiro atoms. The van der Waals surface area contributed by atoms with Gasteiger partial charge in [-0.25, -0.2) is 13.4 Å². The van der Waals surface area contributed by atoms with E-state index in [1.54, 1.807) is 25.2 Å². The van der Waals surface area contributed by atoms with E-state index in [2.05, 4.69) is 16.6 Å². The molecule has 1 unspecified atom stereocenters. The van der Waals surface area contributed by atoms with Crippen molar-refractivity contribution in [3.63, 3.8) is 0 Å². The molecule has 63 heavy (non-hydrogen) atoms. The zero-order valence-corrected chi connectivity index (χ0v) is 37.2. The summed E-state index contributed by atoms with van der Waals surface area (Å²) in [5.74, 6) is -1.63. The normalized spacial score (nSPS) is 23.6. The van der Waals surface area contributed by atoms with Crippen LogP contribution in [0.2, 0.25) is 0 Å². The van der Waals surface area contributed by atoms with E-state index in [0.29, 0.717) is 53.2 Å². The molecule has 6 atom stereocenters. The molecule has 2 aliphatic carbocycles. The van der Waals surface area contributed by atoms with Crippen LogP contribution in [-0.2, 0) is 29.2 Å². The van der Waals surface area contributed by atoms with Gasteiger partial charge in [0.25, 0.3) is 5.91 Å². The van der Waals surface area contributed by atoms with Crippen LogP contribution in [0.4, 0.5) is 0 Å². The fourth-order valence-corrected chi connectivity index (χ4v) is 10.2. The van der Waals surface area contributed by atoms with Gasteiger partial charge in [0.05, 0.1) is 49.2 Å². The second-order valence-corrected chi connectivity index (χ2v) is 20.2. The number of benzene rings is 3. The molecule has 3 aromatic carbocycles. The lowest BCUT2D eigenvalue weighted by atomic mass is 9.77. The van der Waals surface area contributed by atoms with Gasteiger partial charge in [0.15, 0.2) is 0 Å². The summed E-state index contributed by atoms with van der Waals surface area (Å²) in [6.07, 6.45) is 2.59. The first-order chi connectivity index (χ1) is 30.0. The second-order valence-electron chi connectivity index (χ2n) is 18.2. The molecule has 14 nitrogen and oxygen atoms in total. The van der Waals surface area contributed by atoms with Crippen LogP contribution in [0, 0.1) is 17.3 Å². The standard InChI is InChI=1S/C48H55N5O9S/c1-7-31-27-48(31,46(57)51-63(58,59)35-17-18-35)50-44(55)41-24-34(62-42-26-38(29-12-9-8-10-13-29)49-39-23-33(61-6)16-19-36(39)42)28-53(41)45(56)37(47(2,3)4)25-43(54)52-21-20-40(52)30-14-11-15-32(22-30)60-5/h7-16,19,22-23,26,31,34-35,37,40-41H,1,17-18,20-21,24-25,27-28H2,2-6H3,(H,50,55)(H,51,57)/t31-,34-,37-,40?,41+,48-/m1/s1. The molecule has 8 rings (SSSR count). The highest BCUT2D eigenvalue weighted by Gasteiger charge is 2.62. The summed E-state index contributed by atoms with van der Waals surface area (Å²) in [6.45, 7) is 10.1. The minimum Gasteiger partial charge on any atom is -0.497 e. The van der Waals surface area contributed by atoms with E-state index in [1.807, 2.05) is 93.6 Å². The van der Waals surface area contributed by atoms with Crippen LogP contribution in [0.25, 0.3) is 22.2 Å². The molecule has 2 N–H and O–H groups in total. The number of methoxy groups -OCH3 is 2. The lowest BCUT2D eigenvalue weighted by molar-refractivity contribution is -0.151. The maximum atomic E-state index is 15.1. The van der Waals surface area contributed by atoms with Gasteiger partial charge in [0.1, 0.15) is 34.9 Å². The first-order valence-corrected chi connectivity index (χ1v) is 23.0. The monoisotopic (exact) mass is 877 g/mol. The number of pyridine rings is 1. The Bertz CT molecular complexity index is 2560. The molecular weight excluding hydrogens is 823 g/mol. The van der Waals surface area contributed by atoms with Gasteiger partial charge >= 0.3 is 0 Å². The van der Waals surface area contributed by atoms with Crippen molar-refractivity contribution >= 4 is 44.6 Å². The minimum absolute atomic E-state index is 0.00533. The SMILES string of the molecule is C=C[C@@H]1C[C@]1(NC(=O)[C@@H]1C[C@@H](Oc2cc(-c3ccccc3)nc3cc(OC)ccc23)CN1C(=O)[C@@H](CC(=O)N1CCC1c1cccc(OC)c1)C(C)(C)C)C(=O)NS(=O)(=O)C1CC1. The Morgan fingerprint density at radius 3 is 2.30 bits per heavy atom. The topological polar surface area (TPSA) is 174 Å². The maximum Gasteiger partial charge on any atom is 0.259 e. The fourth-order valence-electron chi connectivity index (χ4n) is 8.87. The summed E-state index contributed by atoms with van der Waals surface area (Å²) in [7, 11) is -0.749. The van der Waals surface area contributed by atoms with Crippen molar-refractivity contribution in [1.82, 2.24) is 24.8 Å². The second kappa shape index (κ2) is 17.0. The molecule has 332 valence electrons. The van der Waals surface area contributed by atoms with Gasteiger partial charge in [-0.15, -0.1) is 6.58 Å². The molecule has 3 heterocycles. The van der Waals surface area contributed by atoms with Crippen LogP contribution in [-0.4, -0.2) is 97.1 Å². The van der Waals surface area contributed by atoms with E-state index in [1.165, 1.54) is 11.0 Å². The van der Waals surface area contributed by atoms with Gasteiger partial charge < -0.3 is 29.3 Å². The zero-order chi connectivity index (χ0) is 44.8. The Morgan fingerprint density at radius 1 is 0.937 bits per heavy atom. The van der Waals surface area contributed by atoms with Crippen LogP contribution in [0.15, 0.2) is 91.5 Å². The average molecular weight is 878 g/mol. The molecule has 1 aromatic heterocycles. The smallest absolute Gasteiger partial charge is 0.259 e. The number of amides is 4. The van der Waals surface area contributed by atoms with E-state index < -0.39 is 67.9 Å². The number of rotatable bonds is 15. The molecule has 4 amide bonds. The quantitative estimate of drug-likeness (QED) is 0.136. The van der Waals surface area contributed by atoms with Crippen molar-refractivity contribution in [1.29, 1.82) is 0 Å². The summed E-state index contributed by atoms with van der Waals surface area (Å²) < 4.78 is 45.7. The third kappa shape index (κ3) is 8.84. The van der Waals surface area contributed by atoms with Gasteiger partial charge in [-0.3, -0.25) is 23.9 Å². The number of likely N-dealkylation sites (tertiary alicyclic amines) is 2. The lowest BCUT2D eigenvalue weighted by Gasteiger charge is -2.43. The third-order valence-corrected chi connectivity index (χ3v) is 14.8. The molecular formula is C48H55N5O9S. The van der Waals surface area contributed by atoms with E-state index in [4.69, 9.17) is 19.2 Å². The number of ether oxygens (including phenoxy) is 3. The Hall–Kier alpha value is -5.96. The van der Waals surface area contributed by atoms with Crippen molar-refractivity contribution in [2.75, 3.05) is 27.3 Å². The highest BCUT2D eigenvalue weighted by atomic mass is 32.2. The van der Waals surface area contributed by atoms with Crippen molar-refractivity contribution in [2.45, 2.75) is 88.3 Å². The number of hydrogen-bond acceptors (Lipinski definition) is 10. The number of hydrogen-bond donors (Lipinski definition) is 2. The Balaban J connectivity index is 1.11. The third-order valence-electron chi connectivity index (χ3n) is 13.0. The summed E-state index contributed by atoms with van der Waals surface area (Å²) in [4.78, 5) is 65.9. The fraction of sp³-hybridized carbons (Fsp3) is 0.438. The summed E-state index contributed by atoms with van der Waals surface area (Å²) >= 11 is 0. The predicted molar refractivity (Wildman–Crippen MR) is 237 cm³/mol. The molecule has 2 aliphatic heterocycles. The first kappa shape index (κ1) is 43.7.